The van der Waals surface area contributed by atoms with E-state index in [0.717, 1.165) is 11.6 Å². The number of aliphatic hydroxyl groups excluding tert-OH is 1. The summed E-state index contributed by atoms with van der Waals surface area (Å²) in [6.07, 6.45) is 1.55. The summed E-state index contributed by atoms with van der Waals surface area (Å²) in [6, 6.07) is 9.52. The Labute approximate surface area is 99.0 Å². The number of ether oxygens (including phenoxy) is 1. The fourth-order valence-corrected chi connectivity index (χ4v) is 0.791. The van der Waals surface area contributed by atoms with Crippen molar-refractivity contribution in [2.24, 2.45) is 0 Å². The third kappa shape index (κ3) is 8.83. The van der Waals surface area contributed by atoms with Gasteiger partial charge < -0.3 is 14.9 Å². The lowest BCUT2D eigenvalue weighted by Gasteiger charge is -1.89. The summed E-state index contributed by atoms with van der Waals surface area (Å²) in [7, 11) is 1.18. The van der Waals surface area contributed by atoms with Crippen molar-refractivity contribution in [3.05, 3.63) is 48.0 Å². The van der Waals surface area contributed by atoms with Crippen LogP contribution in [0.4, 0.5) is 0 Å². The second-order valence-electron chi connectivity index (χ2n) is 2.84. The zero-order chi connectivity index (χ0) is 13.1. The van der Waals surface area contributed by atoms with Gasteiger partial charge in [-0.2, -0.15) is 0 Å². The van der Waals surface area contributed by atoms with Gasteiger partial charge in [-0.25, -0.2) is 9.59 Å². The molecule has 1 rings (SSSR count). The van der Waals surface area contributed by atoms with Gasteiger partial charge in [0.05, 0.1) is 13.7 Å². The molecule has 2 N–H and O–H groups in total. The van der Waals surface area contributed by atoms with Gasteiger partial charge in [-0.3, -0.25) is 0 Å². The first-order valence-corrected chi connectivity index (χ1v) is 4.74. The maximum atomic E-state index is 10.1. The number of hydrogen-bond acceptors (Lipinski definition) is 4. The molecule has 0 heterocycles. The lowest BCUT2D eigenvalue weighted by atomic mass is 10.2. The standard InChI is InChI=1S/C7H8O.C5H6O4/c8-6-7-4-2-1-3-5-7;1-9-5(8)3-2-4(6)7/h1-5,8H,6H2;2-3H,1H3,(H,6,7)/b;3-2+. The number of methoxy groups -OCH3 is 1. The van der Waals surface area contributed by atoms with Crippen LogP contribution in [0.5, 0.6) is 0 Å². The highest BCUT2D eigenvalue weighted by molar-refractivity contribution is 5.90. The van der Waals surface area contributed by atoms with Gasteiger partial charge in [0.15, 0.2) is 0 Å². The predicted octanol–water partition coefficient (Wildman–Crippen LogP) is 0.979. The van der Waals surface area contributed by atoms with Crippen molar-refractivity contribution in [2.75, 3.05) is 7.11 Å². The Morgan fingerprint density at radius 3 is 2.18 bits per heavy atom. The number of aliphatic hydroxyl groups is 1. The van der Waals surface area contributed by atoms with Gasteiger partial charge in [-0.05, 0) is 5.56 Å². The van der Waals surface area contributed by atoms with E-state index >= 15 is 0 Å². The van der Waals surface area contributed by atoms with Crippen molar-refractivity contribution in [1.29, 1.82) is 0 Å². The highest BCUT2D eigenvalue weighted by Gasteiger charge is 1.91. The summed E-state index contributed by atoms with van der Waals surface area (Å²) < 4.78 is 4.11. The first kappa shape index (κ1) is 14.9. The van der Waals surface area contributed by atoms with Crippen LogP contribution in [0.3, 0.4) is 0 Å². The molecule has 5 nitrogen and oxygen atoms in total. The van der Waals surface area contributed by atoms with Crippen molar-refractivity contribution >= 4 is 11.9 Å². The van der Waals surface area contributed by atoms with Crippen LogP contribution < -0.4 is 0 Å². The zero-order valence-corrected chi connectivity index (χ0v) is 9.37. The van der Waals surface area contributed by atoms with E-state index in [0.29, 0.717) is 6.08 Å². The number of carbonyl (C=O) groups excluding carboxylic acids is 1. The van der Waals surface area contributed by atoms with Crippen LogP contribution >= 0.6 is 0 Å². The second kappa shape index (κ2) is 9.11. The predicted molar refractivity (Wildman–Crippen MR) is 61.2 cm³/mol. The molecule has 0 aliphatic carbocycles. The first-order valence-electron chi connectivity index (χ1n) is 4.74. The minimum absolute atomic E-state index is 0.140. The van der Waals surface area contributed by atoms with Crippen LogP contribution in [-0.2, 0) is 20.9 Å². The molecular weight excluding hydrogens is 224 g/mol. The molecule has 0 spiro atoms. The molecule has 0 radical (unpaired) electrons. The zero-order valence-electron chi connectivity index (χ0n) is 9.37. The van der Waals surface area contributed by atoms with Crippen LogP contribution in [0.2, 0.25) is 0 Å². The number of carboxylic acids is 1. The Hall–Kier alpha value is -2.14. The van der Waals surface area contributed by atoms with Gasteiger partial charge in [0.2, 0.25) is 0 Å². The molecule has 1 aromatic rings. The van der Waals surface area contributed by atoms with Crippen LogP contribution in [0, 0.1) is 0 Å². The third-order valence-corrected chi connectivity index (χ3v) is 1.59. The average Bonchev–Trinajstić information content (AvgIpc) is 2.37. The third-order valence-electron chi connectivity index (χ3n) is 1.59. The smallest absolute Gasteiger partial charge is 0.330 e. The van der Waals surface area contributed by atoms with E-state index in [9.17, 15) is 9.59 Å². The molecule has 5 heteroatoms. The first-order chi connectivity index (χ1) is 8.10. The van der Waals surface area contributed by atoms with E-state index in [1.807, 2.05) is 30.3 Å². The Kier molecular flexibility index (Phi) is 7.97. The van der Waals surface area contributed by atoms with Gasteiger partial charge in [0, 0.05) is 12.2 Å². The molecule has 0 saturated heterocycles. The van der Waals surface area contributed by atoms with E-state index in [4.69, 9.17) is 10.2 Å². The number of carboxylic acid groups (broad SMARTS) is 1. The number of aliphatic carboxylic acids is 1. The number of esters is 1. The van der Waals surface area contributed by atoms with Crippen molar-refractivity contribution < 1.29 is 24.5 Å². The molecule has 0 aromatic heterocycles. The minimum atomic E-state index is -1.17. The maximum absolute atomic E-state index is 10.1. The lowest BCUT2D eigenvalue weighted by molar-refractivity contribution is -0.136. The number of rotatable bonds is 3. The van der Waals surface area contributed by atoms with Gasteiger partial charge in [-0.15, -0.1) is 0 Å². The summed E-state index contributed by atoms with van der Waals surface area (Å²) in [4.78, 5) is 19.9. The summed E-state index contributed by atoms with van der Waals surface area (Å²) in [6.45, 7) is 0.140. The van der Waals surface area contributed by atoms with Crippen molar-refractivity contribution in [3.63, 3.8) is 0 Å². The highest BCUT2D eigenvalue weighted by Crippen LogP contribution is 1.95. The molecular formula is C12H14O5. The molecule has 17 heavy (non-hydrogen) atoms. The topological polar surface area (TPSA) is 83.8 Å². The van der Waals surface area contributed by atoms with Crippen LogP contribution in [0.25, 0.3) is 0 Å². The number of benzene rings is 1. The average molecular weight is 238 g/mol. The molecule has 0 bridgehead atoms. The summed E-state index contributed by atoms with van der Waals surface area (Å²) in [5.41, 5.74) is 0.965. The van der Waals surface area contributed by atoms with Crippen LogP contribution in [-0.4, -0.2) is 29.3 Å². The SMILES string of the molecule is COC(=O)/C=C/C(=O)O.OCc1ccccc1. The number of hydrogen-bond donors (Lipinski definition) is 2. The fourth-order valence-electron chi connectivity index (χ4n) is 0.791. The maximum Gasteiger partial charge on any atom is 0.330 e. The molecule has 0 aliphatic heterocycles. The largest absolute Gasteiger partial charge is 0.478 e. The minimum Gasteiger partial charge on any atom is -0.478 e. The monoisotopic (exact) mass is 238 g/mol. The van der Waals surface area contributed by atoms with Crippen molar-refractivity contribution in [1.82, 2.24) is 0 Å². The van der Waals surface area contributed by atoms with Gasteiger partial charge in [0.25, 0.3) is 0 Å². The van der Waals surface area contributed by atoms with Crippen LogP contribution in [0.15, 0.2) is 42.5 Å². The summed E-state index contributed by atoms with van der Waals surface area (Å²) in [5.74, 6) is -1.84. The molecule has 0 amide bonds. The lowest BCUT2D eigenvalue weighted by Crippen LogP contribution is -1.96. The molecule has 0 aliphatic rings. The number of carbonyl (C=O) groups is 2. The van der Waals surface area contributed by atoms with E-state index in [1.165, 1.54) is 7.11 Å². The summed E-state index contributed by atoms with van der Waals surface area (Å²) >= 11 is 0. The fraction of sp³-hybridized carbons (Fsp3) is 0.167. The Balaban J connectivity index is 0.000000302. The Bertz CT molecular complexity index is 370. The van der Waals surface area contributed by atoms with Gasteiger partial charge in [-0.1, -0.05) is 30.3 Å². The van der Waals surface area contributed by atoms with E-state index in [1.54, 1.807) is 0 Å². The molecule has 92 valence electrons. The Morgan fingerprint density at radius 1 is 1.24 bits per heavy atom. The second-order valence-corrected chi connectivity index (χ2v) is 2.84. The van der Waals surface area contributed by atoms with Crippen LogP contribution in [0.1, 0.15) is 5.56 Å². The van der Waals surface area contributed by atoms with Gasteiger partial charge in [0.1, 0.15) is 0 Å². The summed E-state index contributed by atoms with van der Waals surface area (Å²) in [5, 5.41) is 16.5. The van der Waals surface area contributed by atoms with Crippen molar-refractivity contribution in [3.8, 4) is 0 Å². The molecule has 1 aromatic carbocycles. The van der Waals surface area contributed by atoms with E-state index < -0.39 is 11.9 Å². The normalized spacial score (nSPS) is 9.29. The molecule has 0 saturated carbocycles. The van der Waals surface area contributed by atoms with E-state index in [2.05, 4.69) is 4.74 Å². The molecule has 0 fully saturated rings. The Morgan fingerprint density at radius 2 is 1.82 bits per heavy atom. The highest BCUT2D eigenvalue weighted by atomic mass is 16.5. The van der Waals surface area contributed by atoms with Crippen molar-refractivity contribution in [2.45, 2.75) is 6.61 Å². The van der Waals surface area contributed by atoms with Gasteiger partial charge >= 0.3 is 11.9 Å². The van der Waals surface area contributed by atoms with E-state index in [-0.39, 0.29) is 6.61 Å². The quantitative estimate of drug-likeness (QED) is 0.605. The molecule has 0 unspecified atom stereocenters. The molecule has 0 atom stereocenters.